The Hall–Kier alpha value is -2.50. The lowest BCUT2D eigenvalue weighted by Crippen LogP contribution is -2.25. The van der Waals surface area contributed by atoms with Crippen molar-refractivity contribution in [2.24, 2.45) is 0 Å². The van der Waals surface area contributed by atoms with Crippen LogP contribution in [0.3, 0.4) is 0 Å². The summed E-state index contributed by atoms with van der Waals surface area (Å²) in [6, 6.07) is 4.32. The average molecular weight is 447 g/mol. The van der Waals surface area contributed by atoms with Crippen LogP contribution in [0, 0.1) is 11.5 Å². The zero-order valence-corrected chi connectivity index (χ0v) is 16.4. The fraction of sp³-hybridized carbons (Fsp3) is 0.316. The molecule has 1 N–H and O–H groups in total. The molecule has 0 fully saturated rings. The van der Waals surface area contributed by atoms with E-state index in [0.717, 1.165) is 17.0 Å². The van der Waals surface area contributed by atoms with E-state index < -0.39 is 23.6 Å². The van der Waals surface area contributed by atoms with E-state index in [1.165, 1.54) is 12.1 Å². The van der Waals surface area contributed by atoms with Gasteiger partial charge in [0.2, 0.25) is 5.91 Å². The molecular weight excluding hydrogens is 432 g/mol. The van der Waals surface area contributed by atoms with Crippen molar-refractivity contribution in [3.8, 4) is 6.19 Å². The third-order valence-corrected chi connectivity index (χ3v) is 5.19. The van der Waals surface area contributed by atoms with E-state index in [1.807, 2.05) is 0 Å². The van der Waals surface area contributed by atoms with Crippen molar-refractivity contribution in [3.05, 3.63) is 51.2 Å². The zero-order valence-electron chi connectivity index (χ0n) is 14.9. The first-order chi connectivity index (χ1) is 13.6. The number of carboxylic acid groups (broad SMARTS) is 1. The molecule has 10 heteroatoms. The number of rotatable bonds is 7. The molecule has 1 aliphatic carbocycles. The normalized spacial score (nSPS) is 14.2. The third-order valence-electron chi connectivity index (χ3n) is 4.27. The lowest BCUT2D eigenvalue weighted by molar-refractivity contribution is -0.138. The van der Waals surface area contributed by atoms with Crippen molar-refractivity contribution in [1.29, 1.82) is 5.26 Å². The van der Waals surface area contributed by atoms with Gasteiger partial charge < -0.3 is 5.11 Å². The number of hydrogen-bond donors (Lipinski definition) is 1. The molecule has 2 rings (SSSR count). The Morgan fingerprint density at radius 2 is 1.69 bits per heavy atom. The Balaban J connectivity index is 2.13. The van der Waals surface area contributed by atoms with Gasteiger partial charge in [0.1, 0.15) is 0 Å². The monoisotopic (exact) mass is 446 g/mol. The molecule has 1 amide bonds. The molecule has 0 atom stereocenters. The number of carbonyl (C=O) groups is 2. The summed E-state index contributed by atoms with van der Waals surface area (Å²) in [7, 11) is 0. The van der Waals surface area contributed by atoms with Crippen LogP contribution in [0.25, 0.3) is 5.57 Å². The highest BCUT2D eigenvalue weighted by molar-refractivity contribution is 6.47. The minimum absolute atomic E-state index is 0.00252. The minimum atomic E-state index is -4.47. The molecule has 0 radical (unpaired) electrons. The van der Waals surface area contributed by atoms with Gasteiger partial charge in [0.15, 0.2) is 6.19 Å². The smallest absolute Gasteiger partial charge is 0.416 e. The maximum atomic E-state index is 12.7. The molecule has 1 aromatic carbocycles. The van der Waals surface area contributed by atoms with Gasteiger partial charge in [0, 0.05) is 19.3 Å². The Labute approximate surface area is 174 Å². The number of carboxylic acids is 1. The van der Waals surface area contributed by atoms with E-state index in [-0.39, 0.29) is 47.9 Å². The quantitative estimate of drug-likeness (QED) is 0.342. The zero-order chi connectivity index (χ0) is 21.8. The standard InChI is InChI=1S/C19H15Cl2F3N2O3/c20-17-13(11-5-7-12(8-6-11)19(22,23)24)9-14(18(17)21)26(10-25)15(27)3-1-2-4-16(28)29/h5-8H,1-4,9H2,(H,28,29). The molecule has 1 aromatic rings. The number of nitrogens with zero attached hydrogens (tertiary/aromatic N) is 2. The van der Waals surface area contributed by atoms with Gasteiger partial charge in [-0.2, -0.15) is 18.4 Å². The van der Waals surface area contributed by atoms with E-state index in [9.17, 15) is 28.0 Å². The van der Waals surface area contributed by atoms with Crippen LogP contribution in [-0.4, -0.2) is 21.9 Å². The van der Waals surface area contributed by atoms with Gasteiger partial charge in [0.25, 0.3) is 0 Å². The number of unbranched alkanes of at least 4 members (excludes halogenated alkanes) is 1. The van der Waals surface area contributed by atoms with Gasteiger partial charge in [-0.15, -0.1) is 0 Å². The fourth-order valence-electron chi connectivity index (χ4n) is 2.78. The minimum Gasteiger partial charge on any atom is -0.481 e. The van der Waals surface area contributed by atoms with Crippen molar-refractivity contribution < 1.29 is 27.9 Å². The van der Waals surface area contributed by atoms with Gasteiger partial charge in [-0.1, -0.05) is 35.3 Å². The maximum absolute atomic E-state index is 12.7. The summed E-state index contributed by atoms with van der Waals surface area (Å²) < 4.78 is 38.2. The number of benzene rings is 1. The summed E-state index contributed by atoms with van der Waals surface area (Å²) in [5, 5.41) is 18.0. The molecule has 1 aliphatic rings. The molecule has 0 heterocycles. The number of nitriles is 1. The number of amides is 1. The van der Waals surface area contributed by atoms with Crippen LogP contribution in [0.5, 0.6) is 0 Å². The molecule has 0 spiro atoms. The molecule has 0 saturated heterocycles. The summed E-state index contributed by atoms with van der Waals surface area (Å²) in [5.74, 6) is -1.54. The van der Waals surface area contributed by atoms with Crippen molar-refractivity contribution in [3.63, 3.8) is 0 Å². The molecule has 154 valence electrons. The molecule has 0 aliphatic heterocycles. The second kappa shape index (κ2) is 9.33. The highest BCUT2D eigenvalue weighted by Gasteiger charge is 2.32. The van der Waals surface area contributed by atoms with Crippen LogP contribution in [0.15, 0.2) is 40.0 Å². The van der Waals surface area contributed by atoms with E-state index in [4.69, 9.17) is 28.3 Å². The van der Waals surface area contributed by atoms with Crippen molar-refractivity contribution in [1.82, 2.24) is 4.90 Å². The number of halogens is 5. The van der Waals surface area contributed by atoms with Crippen molar-refractivity contribution >= 4 is 40.7 Å². The highest BCUT2D eigenvalue weighted by atomic mass is 35.5. The van der Waals surface area contributed by atoms with Gasteiger partial charge in [-0.3, -0.25) is 9.59 Å². The fourth-order valence-corrected chi connectivity index (χ4v) is 3.33. The van der Waals surface area contributed by atoms with E-state index in [0.29, 0.717) is 11.1 Å². The first kappa shape index (κ1) is 22.8. The summed E-state index contributed by atoms with van der Waals surface area (Å²) in [6.07, 6.45) is -2.32. The number of aliphatic carboxylic acids is 1. The van der Waals surface area contributed by atoms with Gasteiger partial charge in [-0.25, -0.2) is 4.90 Å². The number of alkyl halides is 3. The molecule has 0 unspecified atom stereocenters. The molecule has 0 saturated carbocycles. The van der Waals surface area contributed by atoms with E-state index >= 15 is 0 Å². The highest BCUT2D eigenvalue weighted by Crippen LogP contribution is 2.44. The Bertz CT molecular complexity index is 916. The Morgan fingerprint density at radius 1 is 1.10 bits per heavy atom. The first-order valence-corrected chi connectivity index (χ1v) is 9.21. The van der Waals surface area contributed by atoms with Crippen LogP contribution in [0.1, 0.15) is 43.2 Å². The summed E-state index contributed by atoms with van der Waals surface area (Å²) in [6.45, 7) is 0. The molecular formula is C19H15Cl2F3N2O3. The molecule has 0 bridgehead atoms. The third kappa shape index (κ3) is 5.52. The van der Waals surface area contributed by atoms with E-state index in [1.54, 1.807) is 6.19 Å². The van der Waals surface area contributed by atoms with Crippen LogP contribution >= 0.6 is 23.2 Å². The van der Waals surface area contributed by atoms with Crippen molar-refractivity contribution in [2.75, 3.05) is 0 Å². The van der Waals surface area contributed by atoms with Crippen LogP contribution in [-0.2, 0) is 15.8 Å². The lowest BCUT2D eigenvalue weighted by Gasteiger charge is -2.16. The lowest BCUT2D eigenvalue weighted by atomic mass is 10.0. The number of hydrogen-bond acceptors (Lipinski definition) is 3. The van der Waals surface area contributed by atoms with Gasteiger partial charge in [0.05, 0.1) is 21.3 Å². The Morgan fingerprint density at radius 3 is 2.21 bits per heavy atom. The number of allylic oxidation sites excluding steroid dienone is 3. The number of carbonyl (C=O) groups excluding carboxylic acids is 1. The maximum Gasteiger partial charge on any atom is 0.416 e. The average Bonchev–Trinajstić information content (AvgIpc) is 2.94. The summed E-state index contributed by atoms with van der Waals surface area (Å²) in [5.41, 5.74) is 0.116. The van der Waals surface area contributed by atoms with Gasteiger partial charge in [-0.05, 0) is 36.1 Å². The second-order valence-electron chi connectivity index (χ2n) is 6.24. The predicted octanol–water partition coefficient (Wildman–Crippen LogP) is 5.46. The topological polar surface area (TPSA) is 81.4 Å². The van der Waals surface area contributed by atoms with Crippen molar-refractivity contribution in [2.45, 2.75) is 38.3 Å². The summed E-state index contributed by atoms with van der Waals surface area (Å²) in [4.78, 5) is 23.6. The molecule has 5 nitrogen and oxygen atoms in total. The van der Waals surface area contributed by atoms with Gasteiger partial charge >= 0.3 is 12.1 Å². The van der Waals surface area contributed by atoms with Crippen LogP contribution in [0.2, 0.25) is 0 Å². The van der Waals surface area contributed by atoms with Crippen LogP contribution < -0.4 is 0 Å². The van der Waals surface area contributed by atoms with E-state index in [2.05, 4.69) is 0 Å². The molecule has 29 heavy (non-hydrogen) atoms. The second-order valence-corrected chi connectivity index (χ2v) is 6.99. The predicted molar refractivity (Wildman–Crippen MR) is 100 cm³/mol. The SMILES string of the molecule is N#CN(C(=O)CCCCC(=O)O)C1=C(Cl)C(Cl)=C(c2ccc(C(F)(F)F)cc2)C1. The van der Waals surface area contributed by atoms with Crippen LogP contribution in [0.4, 0.5) is 13.2 Å². The largest absolute Gasteiger partial charge is 0.481 e. The molecule has 0 aromatic heterocycles. The summed E-state index contributed by atoms with van der Waals surface area (Å²) >= 11 is 12.4. The Kier molecular flexibility index (Phi) is 7.33. The first-order valence-electron chi connectivity index (χ1n) is 8.46.